The Bertz CT molecular complexity index is 681. The third-order valence-corrected chi connectivity index (χ3v) is 3.04. The molecule has 5 heteroatoms. The molecule has 0 saturated heterocycles. The molecule has 0 amide bonds. The summed E-state index contributed by atoms with van der Waals surface area (Å²) >= 11 is 0. The van der Waals surface area contributed by atoms with Gasteiger partial charge in [-0.2, -0.15) is 0 Å². The lowest BCUT2D eigenvalue weighted by molar-refractivity contribution is 0.0697. The minimum atomic E-state index is -1.05. The van der Waals surface area contributed by atoms with Crippen molar-refractivity contribution in [3.63, 3.8) is 0 Å². The van der Waals surface area contributed by atoms with Crippen molar-refractivity contribution in [3.05, 3.63) is 40.8 Å². The van der Waals surface area contributed by atoms with Gasteiger partial charge < -0.3 is 9.84 Å². The van der Waals surface area contributed by atoms with Crippen LogP contribution in [0.4, 0.5) is 0 Å². The molecule has 1 N–H and O–H groups in total. The molecule has 0 aliphatic rings. The normalized spacial score (nSPS) is 10.4. The molecule has 104 valence electrons. The average Bonchev–Trinajstić information content (AvgIpc) is 2.37. The van der Waals surface area contributed by atoms with Crippen LogP contribution in [-0.4, -0.2) is 28.2 Å². The lowest BCUT2D eigenvalue weighted by Crippen LogP contribution is -2.06. The van der Waals surface area contributed by atoms with Crippen LogP contribution >= 0.6 is 0 Å². The van der Waals surface area contributed by atoms with Crippen LogP contribution in [0, 0.1) is 20.8 Å². The predicted octanol–water partition coefficient (Wildman–Crippen LogP) is 2.78. The molecule has 5 nitrogen and oxygen atoms in total. The summed E-state index contributed by atoms with van der Waals surface area (Å²) in [6.45, 7) is 5.60. The highest BCUT2D eigenvalue weighted by atomic mass is 16.5. The van der Waals surface area contributed by atoms with Crippen molar-refractivity contribution >= 4 is 5.97 Å². The van der Waals surface area contributed by atoms with Gasteiger partial charge in [0, 0.05) is 11.8 Å². The van der Waals surface area contributed by atoms with Gasteiger partial charge >= 0.3 is 5.97 Å². The first-order valence-corrected chi connectivity index (χ1v) is 6.16. The molecule has 2 rings (SSSR count). The molecule has 0 saturated carbocycles. The van der Waals surface area contributed by atoms with E-state index in [1.54, 1.807) is 14.0 Å². The van der Waals surface area contributed by atoms with E-state index >= 15 is 0 Å². The zero-order valence-electron chi connectivity index (χ0n) is 11.9. The Labute approximate surface area is 117 Å². The summed E-state index contributed by atoms with van der Waals surface area (Å²) < 4.78 is 5.38. The van der Waals surface area contributed by atoms with Crippen LogP contribution in [0.2, 0.25) is 0 Å². The van der Waals surface area contributed by atoms with E-state index in [1.807, 2.05) is 26.0 Å². The predicted molar refractivity (Wildman–Crippen MR) is 75.2 cm³/mol. The number of benzene rings is 1. The molecule has 20 heavy (non-hydrogen) atoms. The first-order chi connectivity index (χ1) is 9.43. The molecule has 0 atom stereocenters. The van der Waals surface area contributed by atoms with E-state index in [0.717, 1.165) is 11.1 Å². The number of methoxy groups -OCH3 is 1. The van der Waals surface area contributed by atoms with E-state index in [0.29, 0.717) is 22.8 Å². The van der Waals surface area contributed by atoms with Gasteiger partial charge in [-0.15, -0.1) is 0 Å². The van der Waals surface area contributed by atoms with Gasteiger partial charge in [0.1, 0.15) is 17.1 Å². The SMILES string of the molecule is COc1cc(C)cc(C)c1-c1nc(C)ncc1C(=O)O. The van der Waals surface area contributed by atoms with Crippen LogP contribution < -0.4 is 4.74 Å². The van der Waals surface area contributed by atoms with Gasteiger partial charge in [0.05, 0.1) is 12.8 Å². The van der Waals surface area contributed by atoms with Crippen molar-refractivity contribution < 1.29 is 14.6 Å². The maximum absolute atomic E-state index is 11.4. The molecule has 0 aliphatic heterocycles. The molecule has 0 unspecified atom stereocenters. The minimum absolute atomic E-state index is 0.0702. The van der Waals surface area contributed by atoms with E-state index in [9.17, 15) is 9.90 Å². The number of hydrogen-bond donors (Lipinski definition) is 1. The number of carboxylic acid groups (broad SMARTS) is 1. The van der Waals surface area contributed by atoms with Crippen molar-refractivity contribution in [1.29, 1.82) is 0 Å². The van der Waals surface area contributed by atoms with Gasteiger partial charge in [0.2, 0.25) is 0 Å². The molecule has 0 aliphatic carbocycles. The first-order valence-electron chi connectivity index (χ1n) is 6.16. The lowest BCUT2D eigenvalue weighted by atomic mass is 9.98. The zero-order chi connectivity index (χ0) is 14.9. The fraction of sp³-hybridized carbons (Fsp3) is 0.267. The van der Waals surface area contributed by atoms with Gasteiger partial charge in [-0.25, -0.2) is 14.8 Å². The number of nitrogens with zero attached hydrogens (tertiary/aromatic N) is 2. The third kappa shape index (κ3) is 2.47. The van der Waals surface area contributed by atoms with Gasteiger partial charge in [-0.05, 0) is 38.0 Å². The lowest BCUT2D eigenvalue weighted by Gasteiger charge is -2.14. The molecule has 1 heterocycles. The van der Waals surface area contributed by atoms with Gasteiger partial charge in [0.25, 0.3) is 0 Å². The molecular weight excluding hydrogens is 256 g/mol. The molecule has 1 aromatic heterocycles. The Balaban J connectivity index is 2.80. The summed E-state index contributed by atoms with van der Waals surface area (Å²) in [7, 11) is 1.56. The number of hydrogen-bond acceptors (Lipinski definition) is 4. The van der Waals surface area contributed by atoms with Crippen LogP contribution in [0.5, 0.6) is 5.75 Å². The van der Waals surface area contributed by atoms with Crippen LogP contribution in [0.25, 0.3) is 11.3 Å². The quantitative estimate of drug-likeness (QED) is 0.930. The topological polar surface area (TPSA) is 72.3 Å². The third-order valence-electron chi connectivity index (χ3n) is 3.04. The number of aryl methyl sites for hydroxylation is 3. The monoisotopic (exact) mass is 272 g/mol. The second kappa shape index (κ2) is 5.28. The molecule has 0 spiro atoms. The Hall–Kier alpha value is -2.43. The molecular formula is C15H16N2O3. The molecule has 2 aromatic rings. The highest BCUT2D eigenvalue weighted by molar-refractivity contribution is 5.95. The fourth-order valence-electron chi connectivity index (χ4n) is 2.21. The van der Waals surface area contributed by atoms with Crippen molar-refractivity contribution in [2.24, 2.45) is 0 Å². The average molecular weight is 272 g/mol. The number of carboxylic acids is 1. The smallest absolute Gasteiger partial charge is 0.339 e. The fourth-order valence-corrected chi connectivity index (χ4v) is 2.21. The number of ether oxygens (including phenoxy) is 1. The maximum atomic E-state index is 11.4. The molecule has 0 radical (unpaired) electrons. The first kappa shape index (κ1) is 14.0. The van der Waals surface area contributed by atoms with Crippen LogP contribution in [0.1, 0.15) is 27.3 Å². The van der Waals surface area contributed by atoms with Crippen molar-refractivity contribution in [3.8, 4) is 17.0 Å². The van der Waals surface area contributed by atoms with E-state index in [1.165, 1.54) is 6.20 Å². The van der Waals surface area contributed by atoms with Crippen molar-refractivity contribution in [2.45, 2.75) is 20.8 Å². The second-order valence-electron chi connectivity index (χ2n) is 4.64. The van der Waals surface area contributed by atoms with Gasteiger partial charge in [-0.1, -0.05) is 6.07 Å². The Morgan fingerprint density at radius 3 is 2.55 bits per heavy atom. The summed E-state index contributed by atoms with van der Waals surface area (Å²) in [6.07, 6.45) is 1.33. The maximum Gasteiger partial charge on any atom is 0.339 e. The number of aromatic carboxylic acids is 1. The highest BCUT2D eigenvalue weighted by Crippen LogP contribution is 2.35. The second-order valence-corrected chi connectivity index (χ2v) is 4.64. The van der Waals surface area contributed by atoms with Gasteiger partial charge in [0.15, 0.2) is 0 Å². The standard InChI is InChI=1S/C15H16N2O3/c1-8-5-9(2)13(12(6-8)20-4)14-11(15(18)19)7-16-10(3)17-14/h5-7H,1-4H3,(H,18,19). The van der Waals surface area contributed by atoms with Crippen LogP contribution in [0.3, 0.4) is 0 Å². The summed E-state index contributed by atoms with van der Waals surface area (Å²) in [5.74, 6) is 0.0807. The van der Waals surface area contributed by atoms with E-state index in [-0.39, 0.29) is 5.56 Å². The van der Waals surface area contributed by atoms with E-state index in [2.05, 4.69) is 9.97 Å². The van der Waals surface area contributed by atoms with Gasteiger partial charge in [-0.3, -0.25) is 0 Å². The van der Waals surface area contributed by atoms with E-state index in [4.69, 9.17) is 4.74 Å². The molecule has 0 bridgehead atoms. The highest BCUT2D eigenvalue weighted by Gasteiger charge is 2.20. The number of aromatic nitrogens is 2. The molecule has 1 aromatic carbocycles. The Kier molecular flexibility index (Phi) is 3.70. The Morgan fingerprint density at radius 1 is 1.25 bits per heavy atom. The van der Waals surface area contributed by atoms with Crippen LogP contribution in [0.15, 0.2) is 18.3 Å². The Morgan fingerprint density at radius 2 is 1.95 bits per heavy atom. The summed E-state index contributed by atoms with van der Waals surface area (Å²) in [6, 6.07) is 3.84. The number of carbonyl (C=O) groups is 1. The van der Waals surface area contributed by atoms with Crippen molar-refractivity contribution in [2.75, 3.05) is 7.11 Å². The van der Waals surface area contributed by atoms with Crippen LogP contribution in [-0.2, 0) is 0 Å². The van der Waals surface area contributed by atoms with E-state index < -0.39 is 5.97 Å². The minimum Gasteiger partial charge on any atom is -0.496 e. The molecule has 0 fully saturated rings. The largest absolute Gasteiger partial charge is 0.496 e. The summed E-state index contributed by atoms with van der Waals surface area (Å²) in [5.41, 5.74) is 3.12. The summed E-state index contributed by atoms with van der Waals surface area (Å²) in [5, 5.41) is 9.31. The zero-order valence-corrected chi connectivity index (χ0v) is 11.9. The number of rotatable bonds is 3. The van der Waals surface area contributed by atoms with Crippen molar-refractivity contribution in [1.82, 2.24) is 9.97 Å². The summed E-state index contributed by atoms with van der Waals surface area (Å²) in [4.78, 5) is 19.6.